The maximum atomic E-state index is 11.2. The van der Waals surface area contributed by atoms with Gasteiger partial charge in [-0.15, -0.1) is 0 Å². The standard InChI is InChI=1S/C11H24N4O4/c1-13-2-4-18-6-7-19-5-3-14-11(17)9-15-10(16)8-12/h13H,2-9,12H2,1H3,(H,14,17)(H,15,16). The van der Waals surface area contributed by atoms with Crippen LogP contribution in [0.25, 0.3) is 0 Å². The van der Waals surface area contributed by atoms with Crippen molar-refractivity contribution >= 4 is 11.8 Å². The van der Waals surface area contributed by atoms with Gasteiger partial charge in [0, 0.05) is 13.1 Å². The lowest BCUT2D eigenvalue weighted by molar-refractivity contribution is -0.125. The summed E-state index contributed by atoms with van der Waals surface area (Å²) in [6.07, 6.45) is 0. The van der Waals surface area contributed by atoms with Crippen LogP contribution >= 0.6 is 0 Å². The van der Waals surface area contributed by atoms with Crippen molar-refractivity contribution < 1.29 is 19.1 Å². The molecule has 5 N–H and O–H groups in total. The molecule has 0 aliphatic rings. The summed E-state index contributed by atoms with van der Waals surface area (Å²) in [5.41, 5.74) is 5.08. The first-order valence-corrected chi connectivity index (χ1v) is 6.24. The molecule has 8 nitrogen and oxygen atoms in total. The normalized spacial score (nSPS) is 10.2. The quantitative estimate of drug-likeness (QED) is 0.291. The molecule has 0 aromatic carbocycles. The first-order valence-electron chi connectivity index (χ1n) is 6.24. The van der Waals surface area contributed by atoms with Gasteiger partial charge in [0.15, 0.2) is 0 Å². The van der Waals surface area contributed by atoms with Crippen LogP contribution in [0.5, 0.6) is 0 Å². The number of ether oxygens (including phenoxy) is 2. The second-order valence-electron chi connectivity index (χ2n) is 3.66. The van der Waals surface area contributed by atoms with Crippen molar-refractivity contribution in [3.8, 4) is 0 Å². The van der Waals surface area contributed by atoms with Gasteiger partial charge in [-0.05, 0) is 7.05 Å². The van der Waals surface area contributed by atoms with E-state index in [-0.39, 0.29) is 24.9 Å². The molecule has 19 heavy (non-hydrogen) atoms. The predicted octanol–water partition coefficient (Wildman–Crippen LogP) is -2.57. The fourth-order valence-electron chi connectivity index (χ4n) is 1.07. The predicted molar refractivity (Wildman–Crippen MR) is 70.6 cm³/mol. The second kappa shape index (κ2) is 13.2. The highest BCUT2D eigenvalue weighted by Crippen LogP contribution is 1.78. The van der Waals surface area contributed by atoms with Crippen molar-refractivity contribution in [1.82, 2.24) is 16.0 Å². The molecule has 0 aliphatic carbocycles. The molecule has 0 saturated heterocycles. The average molecular weight is 276 g/mol. The lowest BCUT2D eigenvalue weighted by Crippen LogP contribution is -2.40. The number of amides is 2. The van der Waals surface area contributed by atoms with E-state index in [0.29, 0.717) is 33.0 Å². The molecule has 0 unspecified atom stereocenters. The van der Waals surface area contributed by atoms with Gasteiger partial charge < -0.3 is 31.2 Å². The van der Waals surface area contributed by atoms with Crippen LogP contribution in [0.2, 0.25) is 0 Å². The number of nitrogens with one attached hydrogen (secondary N) is 3. The lowest BCUT2D eigenvalue weighted by atomic mass is 10.5. The maximum Gasteiger partial charge on any atom is 0.239 e. The molecule has 8 heteroatoms. The largest absolute Gasteiger partial charge is 0.378 e. The van der Waals surface area contributed by atoms with E-state index in [1.165, 1.54) is 0 Å². The lowest BCUT2D eigenvalue weighted by Gasteiger charge is -2.07. The van der Waals surface area contributed by atoms with E-state index in [1.54, 1.807) is 0 Å². The summed E-state index contributed by atoms with van der Waals surface area (Å²) in [6.45, 7) is 3.10. The van der Waals surface area contributed by atoms with Crippen molar-refractivity contribution in [3.63, 3.8) is 0 Å². The SMILES string of the molecule is CNCCOCCOCCNC(=O)CNC(=O)CN. The van der Waals surface area contributed by atoms with Crippen LogP contribution in [0.4, 0.5) is 0 Å². The Bertz CT molecular complexity index is 251. The molecule has 0 aromatic rings. The molecule has 0 bridgehead atoms. The Labute approximate surface area is 113 Å². The third-order valence-corrected chi connectivity index (χ3v) is 2.07. The highest BCUT2D eigenvalue weighted by Gasteiger charge is 2.02. The maximum absolute atomic E-state index is 11.2. The van der Waals surface area contributed by atoms with E-state index in [1.807, 2.05) is 7.05 Å². The van der Waals surface area contributed by atoms with Crippen LogP contribution in [0, 0.1) is 0 Å². The first kappa shape index (κ1) is 17.8. The number of carbonyl (C=O) groups excluding carboxylic acids is 2. The van der Waals surface area contributed by atoms with Gasteiger partial charge in [0.25, 0.3) is 0 Å². The van der Waals surface area contributed by atoms with Gasteiger partial charge in [0.05, 0.1) is 39.5 Å². The van der Waals surface area contributed by atoms with Crippen LogP contribution in [0.1, 0.15) is 0 Å². The highest BCUT2D eigenvalue weighted by atomic mass is 16.5. The van der Waals surface area contributed by atoms with E-state index >= 15 is 0 Å². The summed E-state index contributed by atoms with van der Waals surface area (Å²) in [5.74, 6) is -0.624. The van der Waals surface area contributed by atoms with Gasteiger partial charge in [-0.2, -0.15) is 0 Å². The summed E-state index contributed by atoms with van der Waals surface area (Å²) in [4.78, 5) is 22.0. The molecule has 0 heterocycles. The third-order valence-electron chi connectivity index (χ3n) is 2.07. The van der Waals surface area contributed by atoms with Gasteiger partial charge in [-0.1, -0.05) is 0 Å². The molecule has 0 radical (unpaired) electrons. The van der Waals surface area contributed by atoms with Crippen LogP contribution in [-0.2, 0) is 19.1 Å². The fraction of sp³-hybridized carbons (Fsp3) is 0.818. The van der Waals surface area contributed by atoms with E-state index in [9.17, 15) is 9.59 Å². The van der Waals surface area contributed by atoms with Crippen LogP contribution in [0.3, 0.4) is 0 Å². The van der Waals surface area contributed by atoms with E-state index in [2.05, 4.69) is 16.0 Å². The van der Waals surface area contributed by atoms with Crippen LogP contribution < -0.4 is 21.7 Å². The van der Waals surface area contributed by atoms with Crippen molar-refractivity contribution in [2.24, 2.45) is 5.73 Å². The van der Waals surface area contributed by atoms with Crippen LogP contribution in [0.15, 0.2) is 0 Å². The smallest absolute Gasteiger partial charge is 0.239 e. The summed E-state index contributed by atoms with van der Waals surface area (Å²) in [5, 5.41) is 7.94. The number of nitrogens with two attached hydrogens (primary N) is 1. The number of likely N-dealkylation sites (N-methyl/N-ethyl adjacent to an activating group) is 1. The minimum atomic E-state index is -0.356. The molecule has 0 atom stereocenters. The van der Waals surface area contributed by atoms with Gasteiger partial charge >= 0.3 is 0 Å². The molecule has 0 aromatic heterocycles. The zero-order valence-corrected chi connectivity index (χ0v) is 11.4. The van der Waals surface area contributed by atoms with Gasteiger partial charge in [0.2, 0.25) is 11.8 Å². The first-order chi connectivity index (χ1) is 9.20. The monoisotopic (exact) mass is 276 g/mol. The molecule has 2 amide bonds. The topological polar surface area (TPSA) is 115 Å². The van der Waals surface area contributed by atoms with Gasteiger partial charge in [0.1, 0.15) is 0 Å². The Kier molecular flexibility index (Phi) is 12.4. The van der Waals surface area contributed by atoms with Crippen molar-refractivity contribution in [3.05, 3.63) is 0 Å². The molecular weight excluding hydrogens is 252 g/mol. The summed E-state index contributed by atoms with van der Waals surface area (Å²) >= 11 is 0. The molecule has 0 rings (SSSR count). The number of hydrogen-bond donors (Lipinski definition) is 4. The average Bonchev–Trinajstić information content (AvgIpc) is 2.42. The molecular formula is C11H24N4O4. The second-order valence-corrected chi connectivity index (χ2v) is 3.66. The van der Waals surface area contributed by atoms with Crippen LogP contribution in [-0.4, -0.2) is 71.5 Å². The molecule has 0 spiro atoms. The number of hydrogen-bond acceptors (Lipinski definition) is 6. The van der Waals surface area contributed by atoms with Gasteiger partial charge in [-0.25, -0.2) is 0 Å². The zero-order valence-electron chi connectivity index (χ0n) is 11.4. The summed E-state index contributed by atoms with van der Waals surface area (Å²) in [7, 11) is 1.86. The van der Waals surface area contributed by atoms with Crippen molar-refractivity contribution in [2.45, 2.75) is 0 Å². The summed E-state index contributed by atoms with van der Waals surface area (Å²) in [6, 6.07) is 0. The Morgan fingerprint density at radius 2 is 1.58 bits per heavy atom. The minimum Gasteiger partial charge on any atom is -0.378 e. The van der Waals surface area contributed by atoms with Gasteiger partial charge in [-0.3, -0.25) is 9.59 Å². The zero-order chi connectivity index (χ0) is 14.3. The van der Waals surface area contributed by atoms with E-state index < -0.39 is 0 Å². The molecule has 112 valence electrons. The number of carbonyl (C=O) groups is 2. The minimum absolute atomic E-state index is 0.0663. The van der Waals surface area contributed by atoms with E-state index in [4.69, 9.17) is 15.2 Å². The van der Waals surface area contributed by atoms with E-state index in [0.717, 1.165) is 6.54 Å². The molecule has 0 fully saturated rings. The Balaban J connectivity index is 3.21. The van der Waals surface area contributed by atoms with Crippen molar-refractivity contribution in [2.75, 3.05) is 59.7 Å². The van der Waals surface area contributed by atoms with Crippen molar-refractivity contribution in [1.29, 1.82) is 0 Å². The molecule has 0 saturated carbocycles. The Morgan fingerprint density at radius 3 is 2.16 bits per heavy atom. The number of rotatable bonds is 12. The Hall–Kier alpha value is -1.22. The fourth-order valence-corrected chi connectivity index (χ4v) is 1.07. The Morgan fingerprint density at radius 1 is 0.947 bits per heavy atom. The highest BCUT2D eigenvalue weighted by molar-refractivity contribution is 5.85. The molecule has 0 aliphatic heterocycles. The third kappa shape index (κ3) is 13.0. The summed E-state index contributed by atoms with van der Waals surface area (Å²) < 4.78 is 10.5.